The van der Waals surface area contributed by atoms with Crippen molar-refractivity contribution < 1.29 is 14.7 Å². The average Bonchev–Trinajstić information content (AvgIpc) is 3.19. The molecule has 2 aliphatic rings. The van der Waals surface area contributed by atoms with E-state index < -0.39 is 11.9 Å². The smallest absolute Gasteiger partial charge is 0.320 e. The monoisotopic (exact) mass is 268 g/mol. The normalized spacial score (nSPS) is 23.5. The first-order valence-electron chi connectivity index (χ1n) is 7.27. The Morgan fingerprint density at radius 3 is 2.53 bits per heavy atom. The van der Waals surface area contributed by atoms with Crippen LogP contribution in [0.15, 0.2) is 0 Å². The van der Waals surface area contributed by atoms with E-state index in [4.69, 9.17) is 5.11 Å². The number of rotatable bonds is 4. The lowest BCUT2D eigenvalue weighted by Crippen LogP contribution is -2.51. The highest BCUT2D eigenvalue weighted by Crippen LogP contribution is 2.31. The number of carbonyl (C=O) groups excluding carboxylic acids is 1. The van der Waals surface area contributed by atoms with Crippen LogP contribution >= 0.6 is 0 Å². The first-order valence-corrected chi connectivity index (χ1v) is 7.27. The fourth-order valence-corrected chi connectivity index (χ4v) is 2.62. The summed E-state index contributed by atoms with van der Waals surface area (Å²) in [6.07, 6.45) is 3.91. The van der Waals surface area contributed by atoms with Gasteiger partial charge in [0.05, 0.1) is 5.92 Å². The molecule has 2 fully saturated rings. The van der Waals surface area contributed by atoms with Crippen LogP contribution in [-0.2, 0) is 4.79 Å². The molecule has 19 heavy (non-hydrogen) atoms. The first-order chi connectivity index (χ1) is 8.99. The van der Waals surface area contributed by atoms with Gasteiger partial charge < -0.3 is 14.9 Å². The summed E-state index contributed by atoms with van der Waals surface area (Å²) >= 11 is 0. The number of hydrogen-bond acceptors (Lipinski definition) is 2. The highest BCUT2D eigenvalue weighted by Gasteiger charge is 2.34. The van der Waals surface area contributed by atoms with E-state index in [0.717, 1.165) is 13.0 Å². The summed E-state index contributed by atoms with van der Waals surface area (Å²) in [5, 5.41) is 9.09. The van der Waals surface area contributed by atoms with E-state index in [1.807, 2.05) is 18.7 Å². The van der Waals surface area contributed by atoms with Gasteiger partial charge in [0.1, 0.15) is 0 Å². The molecule has 1 unspecified atom stereocenters. The van der Waals surface area contributed by atoms with Crippen molar-refractivity contribution in [3.8, 4) is 0 Å². The number of carboxylic acids is 1. The van der Waals surface area contributed by atoms with Gasteiger partial charge >= 0.3 is 12.0 Å². The molecule has 2 rings (SSSR count). The van der Waals surface area contributed by atoms with Crippen molar-refractivity contribution in [1.82, 2.24) is 9.80 Å². The van der Waals surface area contributed by atoms with Crippen LogP contribution in [0.4, 0.5) is 4.79 Å². The van der Waals surface area contributed by atoms with Gasteiger partial charge in [0.25, 0.3) is 0 Å². The fraction of sp³-hybridized carbons (Fsp3) is 0.857. The molecule has 1 saturated heterocycles. The third-order valence-corrected chi connectivity index (χ3v) is 4.06. The molecule has 1 N–H and O–H groups in total. The molecule has 5 heteroatoms. The summed E-state index contributed by atoms with van der Waals surface area (Å²) < 4.78 is 0. The summed E-state index contributed by atoms with van der Waals surface area (Å²) in [6, 6.07) is 0.200. The van der Waals surface area contributed by atoms with Gasteiger partial charge in [0.15, 0.2) is 0 Å². The molecule has 0 aromatic rings. The number of nitrogens with zero attached hydrogens (tertiary/aromatic N) is 2. The van der Waals surface area contributed by atoms with Crippen LogP contribution in [0, 0.1) is 11.8 Å². The second-order valence-corrected chi connectivity index (χ2v) is 6.10. The van der Waals surface area contributed by atoms with Gasteiger partial charge in [-0.2, -0.15) is 0 Å². The Hall–Kier alpha value is -1.26. The van der Waals surface area contributed by atoms with Crippen molar-refractivity contribution in [1.29, 1.82) is 0 Å². The van der Waals surface area contributed by atoms with Gasteiger partial charge in [0, 0.05) is 25.7 Å². The number of hydrogen-bond donors (Lipinski definition) is 1. The van der Waals surface area contributed by atoms with Crippen molar-refractivity contribution in [2.24, 2.45) is 11.8 Å². The Kier molecular flexibility index (Phi) is 4.32. The van der Waals surface area contributed by atoms with Crippen molar-refractivity contribution >= 4 is 12.0 Å². The molecule has 1 aliphatic carbocycles. The minimum Gasteiger partial charge on any atom is -0.481 e. The average molecular weight is 268 g/mol. The minimum absolute atomic E-state index is 0.0212. The number of likely N-dealkylation sites (tertiary alicyclic amines) is 1. The molecule has 0 aromatic carbocycles. The molecule has 0 spiro atoms. The molecule has 1 heterocycles. The van der Waals surface area contributed by atoms with E-state index in [1.54, 1.807) is 4.90 Å². The van der Waals surface area contributed by atoms with Crippen molar-refractivity contribution in [3.05, 3.63) is 0 Å². The highest BCUT2D eigenvalue weighted by molar-refractivity contribution is 5.77. The number of urea groups is 1. The van der Waals surface area contributed by atoms with Gasteiger partial charge in [-0.05, 0) is 45.4 Å². The summed E-state index contributed by atoms with van der Waals surface area (Å²) in [7, 11) is 0. The predicted molar refractivity (Wildman–Crippen MR) is 71.9 cm³/mol. The quantitative estimate of drug-likeness (QED) is 0.848. The summed E-state index contributed by atoms with van der Waals surface area (Å²) in [4.78, 5) is 27.2. The van der Waals surface area contributed by atoms with E-state index in [1.165, 1.54) is 12.8 Å². The first kappa shape index (κ1) is 14.2. The summed E-state index contributed by atoms with van der Waals surface area (Å²) in [5.41, 5.74) is 0. The molecule has 1 atom stereocenters. The summed E-state index contributed by atoms with van der Waals surface area (Å²) in [6.45, 7) is 5.93. The Labute approximate surface area is 114 Å². The number of piperidine rings is 1. The maximum absolute atomic E-state index is 12.5. The molecule has 0 bridgehead atoms. The van der Waals surface area contributed by atoms with Gasteiger partial charge in [0.2, 0.25) is 0 Å². The molecule has 1 saturated carbocycles. The van der Waals surface area contributed by atoms with Crippen molar-refractivity contribution in [3.63, 3.8) is 0 Å². The van der Waals surface area contributed by atoms with Gasteiger partial charge in [-0.3, -0.25) is 4.79 Å². The zero-order chi connectivity index (χ0) is 14.0. The Morgan fingerprint density at radius 2 is 2.00 bits per heavy atom. The van der Waals surface area contributed by atoms with Crippen LogP contribution < -0.4 is 0 Å². The lowest BCUT2D eigenvalue weighted by Gasteiger charge is -2.37. The van der Waals surface area contributed by atoms with Crippen LogP contribution in [0.5, 0.6) is 0 Å². The van der Waals surface area contributed by atoms with E-state index >= 15 is 0 Å². The standard InChI is InChI=1S/C14H24N2O3/c1-10(2)16(8-11-5-6-11)14(19)15-7-3-4-12(9-15)13(17)18/h10-12H,3-9H2,1-2H3,(H,17,18). The van der Waals surface area contributed by atoms with Crippen LogP contribution in [0.3, 0.4) is 0 Å². The lowest BCUT2D eigenvalue weighted by atomic mass is 9.98. The maximum Gasteiger partial charge on any atom is 0.320 e. The molecular weight excluding hydrogens is 244 g/mol. The molecule has 0 aromatic heterocycles. The Balaban J connectivity index is 1.97. The highest BCUT2D eigenvalue weighted by atomic mass is 16.4. The molecule has 0 radical (unpaired) electrons. The molecule has 1 aliphatic heterocycles. The molecule has 5 nitrogen and oxygen atoms in total. The molecular formula is C14H24N2O3. The predicted octanol–water partition coefficient (Wildman–Crippen LogP) is 2.02. The summed E-state index contributed by atoms with van der Waals surface area (Å²) in [5.74, 6) is -0.519. The number of aliphatic carboxylic acids is 1. The largest absolute Gasteiger partial charge is 0.481 e. The zero-order valence-electron chi connectivity index (χ0n) is 11.8. The second kappa shape index (κ2) is 5.80. The topological polar surface area (TPSA) is 60.9 Å². The van der Waals surface area contributed by atoms with Crippen LogP contribution in [0.25, 0.3) is 0 Å². The lowest BCUT2D eigenvalue weighted by molar-refractivity contribution is -0.143. The molecule has 2 amide bonds. The number of carboxylic acid groups (broad SMARTS) is 1. The maximum atomic E-state index is 12.5. The number of amides is 2. The van der Waals surface area contributed by atoms with E-state index in [2.05, 4.69) is 0 Å². The zero-order valence-corrected chi connectivity index (χ0v) is 11.8. The van der Waals surface area contributed by atoms with Crippen LogP contribution in [0.1, 0.15) is 39.5 Å². The van der Waals surface area contributed by atoms with Gasteiger partial charge in [-0.1, -0.05) is 0 Å². The SMILES string of the molecule is CC(C)N(CC1CC1)C(=O)N1CCCC(C(=O)O)C1. The van der Waals surface area contributed by atoms with E-state index in [0.29, 0.717) is 25.4 Å². The third kappa shape index (κ3) is 3.61. The van der Waals surface area contributed by atoms with Gasteiger partial charge in [-0.15, -0.1) is 0 Å². The second-order valence-electron chi connectivity index (χ2n) is 6.10. The molecule has 108 valence electrons. The third-order valence-electron chi connectivity index (χ3n) is 4.06. The van der Waals surface area contributed by atoms with Gasteiger partial charge in [-0.25, -0.2) is 4.79 Å². The minimum atomic E-state index is -0.782. The van der Waals surface area contributed by atoms with Crippen molar-refractivity contribution in [2.75, 3.05) is 19.6 Å². The fourth-order valence-electron chi connectivity index (χ4n) is 2.62. The van der Waals surface area contributed by atoms with Crippen molar-refractivity contribution in [2.45, 2.75) is 45.6 Å². The van der Waals surface area contributed by atoms with E-state index in [-0.39, 0.29) is 12.1 Å². The Morgan fingerprint density at radius 1 is 1.32 bits per heavy atom. The Bertz CT molecular complexity index is 353. The van der Waals surface area contributed by atoms with E-state index in [9.17, 15) is 9.59 Å². The van der Waals surface area contributed by atoms with Crippen LogP contribution in [0.2, 0.25) is 0 Å². The number of carbonyl (C=O) groups is 2. The van der Waals surface area contributed by atoms with Crippen LogP contribution in [-0.4, -0.2) is 52.6 Å².